The lowest BCUT2D eigenvalue weighted by Crippen LogP contribution is -2.51. The Morgan fingerprint density at radius 1 is 1.11 bits per heavy atom. The topological polar surface area (TPSA) is 92.8 Å². The van der Waals surface area contributed by atoms with Crippen LogP contribution in [0.5, 0.6) is 0 Å². The lowest BCUT2D eigenvalue weighted by atomic mass is 9.95. The van der Waals surface area contributed by atoms with Crippen molar-refractivity contribution in [1.29, 1.82) is 0 Å². The van der Waals surface area contributed by atoms with E-state index in [1.54, 1.807) is 19.1 Å². The lowest BCUT2D eigenvalue weighted by molar-refractivity contribution is -0.120. The van der Waals surface area contributed by atoms with Gasteiger partial charge in [0.1, 0.15) is 6.04 Å². The van der Waals surface area contributed by atoms with Crippen molar-refractivity contribution in [3.63, 3.8) is 0 Å². The Labute approximate surface area is 164 Å². The van der Waals surface area contributed by atoms with Gasteiger partial charge in [-0.25, -0.2) is 13.2 Å². The molecule has 148 valence electrons. The molecular formula is C20H22N2O5S. The highest BCUT2D eigenvalue weighted by atomic mass is 32.2. The quantitative estimate of drug-likeness (QED) is 0.774. The van der Waals surface area contributed by atoms with Crippen molar-refractivity contribution in [3.05, 3.63) is 65.2 Å². The number of benzene rings is 2. The number of fused-ring (bicyclic) bond motifs is 1. The molecule has 0 saturated carbocycles. The summed E-state index contributed by atoms with van der Waals surface area (Å²) in [6.45, 7) is 1.74. The van der Waals surface area contributed by atoms with Crippen LogP contribution in [0.4, 0.5) is 5.69 Å². The number of nitrogens with one attached hydrogen (secondary N) is 1. The van der Waals surface area contributed by atoms with Gasteiger partial charge in [-0.15, -0.1) is 0 Å². The fourth-order valence-electron chi connectivity index (χ4n) is 3.21. The number of sulfonamides is 1. The Kier molecular flexibility index (Phi) is 5.81. The molecule has 1 amide bonds. The van der Waals surface area contributed by atoms with E-state index in [2.05, 4.69) is 10.1 Å². The molecule has 0 aromatic heterocycles. The standard InChI is InChI=1S/C20H22N2O5S/c1-3-28(25,26)22-13-16-7-5-4-6-15(16)12-18(22)19(23)21-17-10-8-14(9-11-17)20(24)27-2/h4-11,18H,3,12-13H2,1-2H3,(H,21,23)/t18-/m1/s1. The number of esters is 1. The maximum atomic E-state index is 12.9. The van der Waals surface area contributed by atoms with Crippen molar-refractivity contribution >= 4 is 27.6 Å². The third-order valence-corrected chi connectivity index (χ3v) is 6.63. The smallest absolute Gasteiger partial charge is 0.337 e. The normalized spacial score (nSPS) is 16.9. The van der Waals surface area contributed by atoms with Crippen LogP contribution in [0.1, 0.15) is 28.4 Å². The number of nitrogens with zero attached hydrogens (tertiary/aromatic N) is 1. The monoisotopic (exact) mass is 402 g/mol. The van der Waals surface area contributed by atoms with Crippen molar-refractivity contribution < 1.29 is 22.7 Å². The molecule has 1 atom stereocenters. The fraction of sp³-hybridized carbons (Fsp3) is 0.300. The van der Waals surface area contributed by atoms with Crippen molar-refractivity contribution in [1.82, 2.24) is 4.31 Å². The van der Waals surface area contributed by atoms with Gasteiger partial charge >= 0.3 is 5.97 Å². The molecule has 28 heavy (non-hydrogen) atoms. The van der Waals surface area contributed by atoms with Gasteiger partial charge in [0, 0.05) is 12.2 Å². The number of carbonyl (C=O) groups is 2. The fourth-order valence-corrected chi connectivity index (χ4v) is 4.44. The zero-order chi connectivity index (χ0) is 20.3. The summed E-state index contributed by atoms with van der Waals surface area (Å²) in [5, 5.41) is 2.76. The molecular weight excluding hydrogens is 380 g/mol. The molecule has 1 aliphatic heterocycles. The molecule has 0 radical (unpaired) electrons. The van der Waals surface area contributed by atoms with Crippen molar-refractivity contribution in [2.75, 3.05) is 18.2 Å². The number of hydrogen-bond donors (Lipinski definition) is 1. The van der Waals surface area contributed by atoms with E-state index >= 15 is 0 Å². The van der Waals surface area contributed by atoms with Gasteiger partial charge in [0.05, 0.1) is 18.4 Å². The molecule has 0 spiro atoms. The summed E-state index contributed by atoms with van der Waals surface area (Å²) in [7, 11) is -2.27. The van der Waals surface area contributed by atoms with Gasteiger partial charge in [-0.3, -0.25) is 4.79 Å². The van der Waals surface area contributed by atoms with Crippen LogP contribution in [0.15, 0.2) is 48.5 Å². The van der Waals surface area contributed by atoms with Crippen LogP contribution < -0.4 is 5.32 Å². The minimum absolute atomic E-state index is 0.0766. The van der Waals surface area contributed by atoms with E-state index in [9.17, 15) is 18.0 Å². The number of carbonyl (C=O) groups excluding carboxylic acids is 2. The van der Waals surface area contributed by atoms with Crippen molar-refractivity contribution in [2.24, 2.45) is 0 Å². The van der Waals surface area contributed by atoms with Crippen LogP contribution in [0, 0.1) is 0 Å². The summed E-state index contributed by atoms with van der Waals surface area (Å²) in [5.74, 6) is -0.952. The molecule has 0 fully saturated rings. The van der Waals surface area contributed by atoms with Crippen LogP contribution in [0.2, 0.25) is 0 Å². The largest absolute Gasteiger partial charge is 0.465 e. The molecule has 0 aliphatic carbocycles. The Balaban J connectivity index is 1.84. The minimum Gasteiger partial charge on any atom is -0.465 e. The Morgan fingerprint density at radius 3 is 2.36 bits per heavy atom. The summed E-state index contributed by atoms with van der Waals surface area (Å²) in [5.41, 5.74) is 2.71. The van der Waals surface area contributed by atoms with Crippen LogP contribution in [-0.2, 0) is 32.5 Å². The molecule has 1 N–H and O–H groups in total. The first-order valence-electron chi connectivity index (χ1n) is 8.91. The average molecular weight is 402 g/mol. The number of methoxy groups -OCH3 is 1. The first kappa shape index (κ1) is 20.0. The number of anilines is 1. The average Bonchev–Trinajstić information content (AvgIpc) is 2.72. The second kappa shape index (κ2) is 8.12. The van der Waals surface area contributed by atoms with Crippen LogP contribution in [0.3, 0.4) is 0 Å². The van der Waals surface area contributed by atoms with Gasteiger partial charge < -0.3 is 10.1 Å². The maximum absolute atomic E-state index is 12.9. The second-order valence-electron chi connectivity index (χ2n) is 6.49. The van der Waals surface area contributed by atoms with Crippen molar-refractivity contribution in [3.8, 4) is 0 Å². The van der Waals surface area contributed by atoms with Gasteiger partial charge in [0.2, 0.25) is 15.9 Å². The Morgan fingerprint density at radius 2 is 1.75 bits per heavy atom. The van der Waals surface area contributed by atoms with E-state index in [-0.39, 0.29) is 12.3 Å². The molecule has 2 aromatic rings. The van der Waals surface area contributed by atoms with E-state index in [1.165, 1.54) is 23.5 Å². The SMILES string of the molecule is CCS(=O)(=O)N1Cc2ccccc2C[C@@H]1C(=O)Nc1ccc(C(=O)OC)cc1. The maximum Gasteiger partial charge on any atom is 0.337 e. The number of hydrogen-bond acceptors (Lipinski definition) is 5. The molecule has 2 aromatic carbocycles. The van der Waals surface area contributed by atoms with Gasteiger partial charge in [-0.2, -0.15) is 4.31 Å². The molecule has 0 bridgehead atoms. The van der Waals surface area contributed by atoms with Gasteiger partial charge in [-0.1, -0.05) is 24.3 Å². The van der Waals surface area contributed by atoms with Crippen LogP contribution >= 0.6 is 0 Å². The van der Waals surface area contributed by atoms with Gasteiger partial charge in [0.25, 0.3) is 0 Å². The van der Waals surface area contributed by atoms with Crippen LogP contribution in [0.25, 0.3) is 0 Å². The highest BCUT2D eigenvalue weighted by Crippen LogP contribution is 2.27. The van der Waals surface area contributed by atoms with Gasteiger partial charge in [0.15, 0.2) is 0 Å². The first-order chi connectivity index (χ1) is 13.4. The summed E-state index contributed by atoms with van der Waals surface area (Å²) in [6, 6.07) is 12.9. The Hall–Kier alpha value is -2.71. The molecule has 7 nitrogen and oxygen atoms in total. The first-order valence-corrected chi connectivity index (χ1v) is 10.5. The number of amides is 1. The van der Waals surface area contributed by atoms with Crippen LogP contribution in [-0.4, -0.2) is 43.5 Å². The molecule has 8 heteroatoms. The minimum atomic E-state index is -3.56. The van der Waals surface area contributed by atoms with Gasteiger partial charge in [-0.05, 0) is 48.7 Å². The summed E-state index contributed by atoms with van der Waals surface area (Å²) < 4.78 is 31.1. The third-order valence-electron chi connectivity index (χ3n) is 4.80. The number of rotatable bonds is 5. The highest BCUT2D eigenvalue weighted by molar-refractivity contribution is 7.89. The molecule has 0 saturated heterocycles. The van der Waals surface area contributed by atoms with E-state index < -0.39 is 27.9 Å². The second-order valence-corrected chi connectivity index (χ2v) is 8.70. The predicted octanol–water partition coefficient (Wildman–Crippen LogP) is 2.19. The summed E-state index contributed by atoms with van der Waals surface area (Å²) >= 11 is 0. The van der Waals surface area contributed by atoms with E-state index in [0.29, 0.717) is 17.7 Å². The Bertz CT molecular complexity index is 986. The van der Waals surface area contributed by atoms with E-state index in [4.69, 9.17) is 0 Å². The lowest BCUT2D eigenvalue weighted by Gasteiger charge is -2.34. The third kappa shape index (κ3) is 4.07. The zero-order valence-corrected chi connectivity index (χ0v) is 16.5. The highest BCUT2D eigenvalue weighted by Gasteiger charge is 2.37. The molecule has 0 unspecified atom stereocenters. The zero-order valence-electron chi connectivity index (χ0n) is 15.7. The van der Waals surface area contributed by atoms with E-state index in [1.807, 2.05) is 24.3 Å². The molecule has 1 heterocycles. The summed E-state index contributed by atoms with van der Waals surface area (Å²) in [4.78, 5) is 24.4. The summed E-state index contributed by atoms with van der Waals surface area (Å²) in [6.07, 6.45) is 0.307. The predicted molar refractivity (Wildman–Crippen MR) is 105 cm³/mol. The van der Waals surface area contributed by atoms with Crippen molar-refractivity contribution in [2.45, 2.75) is 25.9 Å². The molecule has 1 aliphatic rings. The van der Waals surface area contributed by atoms with E-state index in [0.717, 1.165) is 11.1 Å². The molecule has 3 rings (SSSR count). The number of ether oxygens (including phenoxy) is 1.